The number of unbranched alkanes of at least 4 members (excludes halogenated alkanes) is 9. The second kappa shape index (κ2) is 14.7. The number of halogens is 1. The van der Waals surface area contributed by atoms with Crippen LogP contribution in [0.5, 0.6) is 5.75 Å². The Morgan fingerprint density at radius 2 is 1.43 bits per heavy atom. The molecular weight excluding hydrogens is 474 g/mol. The lowest BCUT2D eigenvalue weighted by molar-refractivity contribution is 0.440. The number of rotatable bonds is 11. The van der Waals surface area contributed by atoms with Gasteiger partial charge in [0.15, 0.2) is 0 Å². The molecule has 0 saturated heterocycles. The van der Waals surface area contributed by atoms with Gasteiger partial charge in [0.2, 0.25) is 0 Å². The van der Waals surface area contributed by atoms with Gasteiger partial charge in [-0.05, 0) is 54.3 Å². The molecule has 0 saturated carbocycles. The highest BCUT2D eigenvalue weighted by Crippen LogP contribution is 2.36. The molecule has 0 bridgehead atoms. The zero-order valence-corrected chi connectivity index (χ0v) is 23.9. The van der Waals surface area contributed by atoms with Crippen LogP contribution in [-0.4, -0.2) is 25.9 Å². The Bertz CT molecular complexity index is 1030. The van der Waals surface area contributed by atoms with Crippen molar-refractivity contribution in [2.45, 2.75) is 104 Å². The number of phenols is 1. The van der Waals surface area contributed by atoms with Crippen LogP contribution in [0.25, 0.3) is 16.7 Å². The summed E-state index contributed by atoms with van der Waals surface area (Å²) in [7, 11) is 0. The summed E-state index contributed by atoms with van der Waals surface area (Å²) >= 11 is 10.2. The Morgan fingerprint density at radius 1 is 0.857 bits per heavy atom. The maximum absolute atomic E-state index is 10.7. The minimum Gasteiger partial charge on any atom is -0.505 e. The maximum Gasteiger partial charge on any atom is 0.146 e. The summed E-state index contributed by atoms with van der Waals surface area (Å²) in [6, 6.07) is 9.24. The van der Waals surface area contributed by atoms with E-state index in [0.29, 0.717) is 16.2 Å². The lowest BCUT2D eigenvalue weighted by Gasteiger charge is -2.22. The SMILES string of the molecule is CCCCCCCCCCCCS.Cc1cc(-n2nc3ccc(Cl)cc3n2)c(O)c(C(C)(C)C)c1. The fraction of sp³-hybridized carbons (Fsp3) is 0.586. The number of fused-ring (bicyclic) bond motifs is 1. The van der Waals surface area contributed by atoms with Gasteiger partial charge in [-0.15, -0.1) is 15.0 Å². The molecule has 1 N–H and O–H groups in total. The summed E-state index contributed by atoms with van der Waals surface area (Å²) in [4.78, 5) is 1.47. The number of hydrogen-bond donors (Lipinski definition) is 2. The summed E-state index contributed by atoms with van der Waals surface area (Å²) in [5.74, 6) is 1.28. The molecule has 0 aliphatic rings. The molecule has 6 heteroatoms. The topological polar surface area (TPSA) is 50.9 Å². The Morgan fingerprint density at radius 3 is 2.00 bits per heavy atom. The van der Waals surface area contributed by atoms with Gasteiger partial charge in [0, 0.05) is 10.6 Å². The van der Waals surface area contributed by atoms with E-state index >= 15 is 0 Å². The van der Waals surface area contributed by atoms with Crippen molar-refractivity contribution in [2.24, 2.45) is 0 Å². The second-order valence-electron chi connectivity index (χ2n) is 10.5. The van der Waals surface area contributed by atoms with E-state index in [4.69, 9.17) is 11.6 Å². The second-order valence-corrected chi connectivity index (χ2v) is 11.3. The third-order valence-electron chi connectivity index (χ3n) is 6.11. The highest BCUT2D eigenvalue weighted by atomic mass is 35.5. The molecule has 3 rings (SSSR count). The van der Waals surface area contributed by atoms with Crippen LogP contribution in [0.1, 0.15) is 103 Å². The standard InChI is InChI=1S/C17H18ClN3O.C12H26S/c1-10-7-12(17(2,3)4)16(22)15(8-10)21-19-13-6-5-11(18)9-14(13)20-21;1-2-3-4-5-6-7-8-9-10-11-12-13/h5-9,22H,1-4H3;13H,2-12H2,1H3. The van der Waals surface area contributed by atoms with Crippen LogP contribution in [-0.2, 0) is 5.41 Å². The lowest BCUT2D eigenvalue weighted by Crippen LogP contribution is -2.13. The van der Waals surface area contributed by atoms with Crippen LogP contribution < -0.4 is 0 Å². The van der Waals surface area contributed by atoms with Gasteiger partial charge in [0.05, 0.1) is 0 Å². The fourth-order valence-corrected chi connectivity index (χ4v) is 4.47. The van der Waals surface area contributed by atoms with Gasteiger partial charge in [0.25, 0.3) is 0 Å². The molecule has 0 spiro atoms. The largest absolute Gasteiger partial charge is 0.505 e. The average molecular weight is 518 g/mol. The van der Waals surface area contributed by atoms with Gasteiger partial charge >= 0.3 is 0 Å². The van der Waals surface area contributed by atoms with E-state index in [1.807, 2.05) is 25.1 Å². The summed E-state index contributed by atoms with van der Waals surface area (Å²) in [6.07, 6.45) is 14.2. The van der Waals surface area contributed by atoms with Crippen LogP contribution in [0.2, 0.25) is 5.02 Å². The lowest BCUT2D eigenvalue weighted by atomic mass is 9.85. The number of aromatic hydroxyl groups is 1. The monoisotopic (exact) mass is 517 g/mol. The van der Waals surface area contributed by atoms with Gasteiger partial charge in [-0.2, -0.15) is 12.6 Å². The van der Waals surface area contributed by atoms with Crippen LogP contribution >= 0.6 is 24.2 Å². The molecule has 3 aromatic rings. The predicted octanol–water partition coefficient (Wildman–Crippen LogP) is 9.22. The summed E-state index contributed by atoms with van der Waals surface area (Å²) in [5, 5.41) is 20.1. The summed E-state index contributed by atoms with van der Waals surface area (Å²) < 4.78 is 0. The van der Waals surface area contributed by atoms with Crippen LogP contribution in [0.4, 0.5) is 0 Å². The minimum atomic E-state index is -0.166. The molecule has 0 radical (unpaired) electrons. The van der Waals surface area contributed by atoms with Gasteiger partial charge in [-0.3, -0.25) is 0 Å². The number of nitrogens with zero attached hydrogens (tertiary/aromatic N) is 3. The van der Waals surface area contributed by atoms with Crippen LogP contribution in [0.15, 0.2) is 30.3 Å². The Hall–Kier alpha value is -1.72. The average Bonchev–Trinajstić information content (AvgIpc) is 3.22. The Labute approximate surface area is 222 Å². The van der Waals surface area contributed by atoms with Gasteiger partial charge in [-0.25, -0.2) is 0 Å². The van der Waals surface area contributed by atoms with E-state index in [2.05, 4.69) is 50.5 Å². The molecular formula is C29H44ClN3OS. The van der Waals surface area contributed by atoms with Crippen LogP contribution in [0.3, 0.4) is 0 Å². The number of phenolic OH excluding ortho intramolecular Hbond substituents is 1. The number of benzene rings is 2. The van der Waals surface area contributed by atoms with Gasteiger partial charge < -0.3 is 5.11 Å². The highest BCUT2D eigenvalue weighted by molar-refractivity contribution is 7.80. The van der Waals surface area contributed by atoms with E-state index < -0.39 is 0 Å². The number of hydrogen-bond acceptors (Lipinski definition) is 4. The van der Waals surface area contributed by atoms with Crippen molar-refractivity contribution in [3.8, 4) is 11.4 Å². The normalized spacial score (nSPS) is 11.5. The highest BCUT2D eigenvalue weighted by Gasteiger charge is 2.22. The molecule has 0 atom stereocenters. The fourth-order valence-electron chi connectivity index (χ4n) is 4.08. The quantitative estimate of drug-likeness (QED) is 0.197. The van der Waals surface area contributed by atoms with Crippen molar-refractivity contribution >= 4 is 35.3 Å². The number of aromatic nitrogens is 3. The molecule has 35 heavy (non-hydrogen) atoms. The molecule has 1 heterocycles. The predicted molar refractivity (Wildman–Crippen MR) is 155 cm³/mol. The molecule has 0 aliphatic carbocycles. The molecule has 0 amide bonds. The van der Waals surface area contributed by atoms with E-state index in [-0.39, 0.29) is 11.2 Å². The Kier molecular flexibility index (Phi) is 12.4. The van der Waals surface area contributed by atoms with E-state index in [9.17, 15) is 5.11 Å². The van der Waals surface area contributed by atoms with E-state index in [0.717, 1.165) is 22.4 Å². The third-order valence-corrected chi connectivity index (χ3v) is 6.66. The molecule has 4 nitrogen and oxygen atoms in total. The maximum atomic E-state index is 10.7. The van der Waals surface area contributed by atoms with Crippen molar-refractivity contribution in [1.29, 1.82) is 0 Å². The number of thiol groups is 1. The van der Waals surface area contributed by atoms with Crippen molar-refractivity contribution in [3.63, 3.8) is 0 Å². The van der Waals surface area contributed by atoms with Crippen molar-refractivity contribution in [2.75, 3.05) is 5.75 Å². The first-order chi connectivity index (χ1) is 16.7. The van der Waals surface area contributed by atoms with Crippen LogP contribution in [0, 0.1) is 6.92 Å². The zero-order valence-electron chi connectivity index (χ0n) is 22.3. The first-order valence-electron chi connectivity index (χ1n) is 13.1. The Balaban J connectivity index is 0.000000287. The molecule has 0 unspecified atom stereocenters. The van der Waals surface area contributed by atoms with Gasteiger partial charge in [-0.1, -0.05) is 103 Å². The molecule has 194 valence electrons. The van der Waals surface area contributed by atoms with Crippen molar-refractivity contribution < 1.29 is 5.11 Å². The molecule has 1 aromatic heterocycles. The van der Waals surface area contributed by atoms with Crippen molar-refractivity contribution in [3.05, 3.63) is 46.5 Å². The molecule has 2 aromatic carbocycles. The minimum absolute atomic E-state index is 0.166. The first-order valence-corrected chi connectivity index (χ1v) is 14.2. The smallest absolute Gasteiger partial charge is 0.146 e. The summed E-state index contributed by atoms with van der Waals surface area (Å²) in [5.41, 5.74) is 3.78. The zero-order chi connectivity index (χ0) is 25.8. The van der Waals surface area contributed by atoms with E-state index in [1.54, 1.807) is 12.1 Å². The van der Waals surface area contributed by atoms with E-state index in [1.165, 1.54) is 69.0 Å². The molecule has 0 fully saturated rings. The first kappa shape index (κ1) is 29.5. The summed E-state index contributed by atoms with van der Waals surface area (Å²) in [6.45, 7) is 10.5. The van der Waals surface area contributed by atoms with Gasteiger partial charge in [0.1, 0.15) is 22.5 Å². The number of aryl methyl sites for hydroxylation is 1. The molecule has 0 aliphatic heterocycles. The third kappa shape index (κ3) is 9.69. The van der Waals surface area contributed by atoms with Crippen molar-refractivity contribution in [1.82, 2.24) is 15.0 Å².